The number of halogens is 1. The largest absolute Gasteiger partial charge is 0.321 e. The molecular weight excluding hydrogens is 461 g/mol. The van der Waals surface area contributed by atoms with E-state index in [0.29, 0.717) is 35.3 Å². The van der Waals surface area contributed by atoms with Crippen molar-refractivity contribution in [3.05, 3.63) is 70.9 Å². The van der Waals surface area contributed by atoms with E-state index in [-0.39, 0.29) is 29.5 Å². The van der Waals surface area contributed by atoms with E-state index < -0.39 is 0 Å². The number of thiophene rings is 1. The van der Waals surface area contributed by atoms with Crippen LogP contribution in [0.3, 0.4) is 0 Å². The van der Waals surface area contributed by atoms with Crippen LogP contribution in [0.4, 0.5) is 9.39 Å². The normalized spacial score (nSPS) is 18.0. The number of aryl methyl sites for hydroxylation is 1. The molecule has 0 spiro atoms. The van der Waals surface area contributed by atoms with Crippen LogP contribution in [0.25, 0.3) is 22.4 Å². The minimum atomic E-state index is -0.324. The molecule has 1 amide bonds. The monoisotopic (exact) mass is 489 g/mol. The quantitative estimate of drug-likeness (QED) is 0.292. The lowest BCUT2D eigenvalue weighted by molar-refractivity contribution is -0.121. The number of carbonyl (C=O) groups is 2. The maximum absolute atomic E-state index is 14.1. The molecule has 4 aromatic rings. The van der Waals surface area contributed by atoms with Gasteiger partial charge in [0.2, 0.25) is 5.91 Å². The van der Waals surface area contributed by atoms with Crippen molar-refractivity contribution in [3.8, 4) is 11.4 Å². The van der Waals surface area contributed by atoms with Gasteiger partial charge in [-0.05, 0) is 68.7 Å². The van der Waals surface area contributed by atoms with Gasteiger partial charge < -0.3 is 9.88 Å². The molecular formula is C28H28FN3O2S. The van der Waals surface area contributed by atoms with Gasteiger partial charge in [0.25, 0.3) is 0 Å². The Morgan fingerprint density at radius 2 is 2.00 bits per heavy atom. The number of Topliss-reactive ketones (excluding diaryl/α,β-unsaturated/α-hetero) is 1. The van der Waals surface area contributed by atoms with E-state index in [1.54, 1.807) is 17.4 Å². The zero-order valence-corrected chi connectivity index (χ0v) is 20.7. The Morgan fingerprint density at radius 1 is 1.14 bits per heavy atom. The second-order valence-electron chi connectivity index (χ2n) is 9.21. The second-order valence-corrected chi connectivity index (χ2v) is 10.5. The van der Waals surface area contributed by atoms with Crippen LogP contribution in [-0.4, -0.2) is 21.2 Å². The summed E-state index contributed by atoms with van der Waals surface area (Å²) in [5.74, 6) is 0.335. The molecule has 2 unspecified atom stereocenters. The van der Waals surface area contributed by atoms with Crippen molar-refractivity contribution in [2.45, 2.75) is 52.0 Å². The number of rotatable bonds is 6. The molecule has 1 aliphatic carbocycles. The Kier molecular flexibility index (Phi) is 6.52. The van der Waals surface area contributed by atoms with Gasteiger partial charge in [-0.25, -0.2) is 9.37 Å². The van der Waals surface area contributed by atoms with Crippen LogP contribution in [0, 0.1) is 18.7 Å². The Labute approximate surface area is 208 Å². The fraction of sp³-hybridized carbons (Fsp3) is 0.321. The lowest BCUT2D eigenvalue weighted by Crippen LogP contribution is -2.29. The van der Waals surface area contributed by atoms with Crippen LogP contribution in [0.15, 0.2) is 54.6 Å². The highest BCUT2D eigenvalue weighted by molar-refractivity contribution is 7.16. The van der Waals surface area contributed by atoms with E-state index in [2.05, 4.69) is 9.88 Å². The first-order valence-corrected chi connectivity index (χ1v) is 12.9. The summed E-state index contributed by atoms with van der Waals surface area (Å²) < 4.78 is 16.3. The molecule has 7 heteroatoms. The summed E-state index contributed by atoms with van der Waals surface area (Å²) in [5.41, 5.74) is 2.92. The van der Waals surface area contributed by atoms with Gasteiger partial charge in [-0.15, -0.1) is 11.3 Å². The molecule has 2 atom stereocenters. The maximum atomic E-state index is 14.1. The molecule has 1 fully saturated rings. The topological polar surface area (TPSA) is 64.0 Å². The number of imidazole rings is 1. The van der Waals surface area contributed by atoms with E-state index in [1.165, 1.54) is 12.1 Å². The third kappa shape index (κ3) is 4.78. The highest BCUT2D eigenvalue weighted by Crippen LogP contribution is 2.39. The molecule has 2 aromatic heterocycles. The Balaban J connectivity index is 1.52. The number of ketones is 1. The third-order valence-electron chi connectivity index (χ3n) is 6.78. The molecule has 1 saturated carbocycles. The molecule has 0 bridgehead atoms. The standard InChI is InChI=1S/C28H28FN3O2S/c1-3-25(33)18-11-12-24-23(16-18)30-27(19-6-4-8-21(29)14-19)32(24)22-9-5-7-20(15-22)28(34)31-26-13-10-17(2)35-26/h4,6,8,10-14,16,20,22H,3,5,7,9,15H2,1-2H3,(H,31,34). The SMILES string of the molecule is CCC(=O)c1ccc2c(c1)nc(-c1cccc(F)c1)n2C1CCCC(C(=O)Nc2ccc(C)s2)C1. The summed E-state index contributed by atoms with van der Waals surface area (Å²) in [6.45, 7) is 3.86. The molecule has 180 valence electrons. The predicted molar refractivity (Wildman–Crippen MR) is 138 cm³/mol. The predicted octanol–water partition coefficient (Wildman–Crippen LogP) is 7.18. The van der Waals surface area contributed by atoms with Crippen molar-refractivity contribution in [2.75, 3.05) is 5.32 Å². The van der Waals surface area contributed by atoms with Crippen LogP contribution in [-0.2, 0) is 4.79 Å². The van der Waals surface area contributed by atoms with Crippen LogP contribution in [0.2, 0.25) is 0 Å². The summed E-state index contributed by atoms with van der Waals surface area (Å²) >= 11 is 1.58. The number of hydrogen-bond donors (Lipinski definition) is 1. The smallest absolute Gasteiger partial charge is 0.228 e. The van der Waals surface area contributed by atoms with Crippen molar-refractivity contribution in [2.24, 2.45) is 5.92 Å². The number of anilines is 1. The first kappa shape index (κ1) is 23.4. The number of nitrogens with zero attached hydrogens (tertiary/aromatic N) is 2. The zero-order valence-electron chi connectivity index (χ0n) is 19.9. The molecule has 5 rings (SSSR count). The summed E-state index contributed by atoms with van der Waals surface area (Å²) in [4.78, 5) is 31.4. The number of hydrogen-bond acceptors (Lipinski definition) is 4. The van der Waals surface area contributed by atoms with Crippen molar-refractivity contribution in [3.63, 3.8) is 0 Å². The summed E-state index contributed by atoms with van der Waals surface area (Å²) in [6, 6.07) is 16.0. The number of nitrogens with one attached hydrogen (secondary N) is 1. The lowest BCUT2D eigenvalue weighted by Gasteiger charge is -2.30. The van der Waals surface area contributed by atoms with Crippen molar-refractivity contribution >= 4 is 39.1 Å². The molecule has 5 nitrogen and oxygen atoms in total. The highest BCUT2D eigenvalue weighted by Gasteiger charge is 2.31. The van der Waals surface area contributed by atoms with Crippen LogP contribution in [0.1, 0.15) is 60.3 Å². The average molecular weight is 490 g/mol. The van der Waals surface area contributed by atoms with Crippen LogP contribution >= 0.6 is 11.3 Å². The van der Waals surface area contributed by atoms with Gasteiger partial charge in [0.15, 0.2) is 5.78 Å². The van der Waals surface area contributed by atoms with Crippen molar-refractivity contribution < 1.29 is 14.0 Å². The van der Waals surface area contributed by atoms with Gasteiger partial charge in [0.05, 0.1) is 16.0 Å². The summed E-state index contributed by atoms with van der Waals surface area (Å²) in [5, 5.41) is 3.95. The van der Waals surface area contributed by atoms with E-state index in [0.717, 1.165) is 34.7 Å². The minimum Gasteiger partial charge on any atom is -0.321 e. The van der Waals surface area contributed by atoms with Crippen molar-refractivity contribution in [1.29, 1.82) is 0 Å². The zero-order chi connectivity index (χ0) is 24.5. The molecule has 0 aliphatic heterocycles. The molecule has 35 heavy (non-hydrogen) atoms. The Bertz CT molecular complexity index is 1410. The first-order chi connectivity index (χ1) is 16.9. The third-order valence-corrected chi connectivity index (χ3v) is 7.70. The minimum absolute atomic E-state index is 0.0422. The van der Waals surface area contributed by atoms with Gasteiger partial charge >= 0.3 is 0 Å². The van der Waals surface area contributed by atoms with Crippen LogP contribution in [0.5, 0.6) is 0 Å². The lowest BCUT2D eigenvalue weighted by atomic mass is 9.84. The number of fused-ring (bicyclic) bond motifs is 1. The van der Waals surface area contributed by atoms with E-state index in [4.69, 9.17) is 4.98 Å². The Hall–Kier alpha value is -3.32. The van der Waals surface area contributed by atoms with Gasteiger partial charge in [-0.1, -0.05) is 25.5 Å². The first-order valence-electron chi connectivity index (χ1n) is 12.1. The fourth-order valence-electron chi connectivity index (χ4n) is 5.04. The Morgan fingerprint density at radius 3 is 2.74 bits per heavy atom. The van der Waals surface area contributed by atoms with Gasteiger partial charge in [0.1, 0.15) is 11.6 Å². The molecule has 2 aromatic carbocycles. The number of amides is 1. The van der Waals surface area contributed by atoms with Gasteiger partial charge in [-0.2, -0.15) is 0 Å². The van der Waals surface area contributed by atoms with Crippen LogP contribution < -0.4 is 5.32 Å². The highest BCUT2D eigenvalue weighted by atomic mass is 32.1. The number of aromatic nitrogens is 2. The van der Waals surface area contributed by atoms with E-state index in [1.807, 2.05) is 50.2 Å². The van der Waals surface area contributed by atoms with Gasteiger partial charge in [0, 0.05) is 34.4 Å². The van der Waals surface area contributed by atoms with E-state index >= 15 is 0 Å². The average Bonchev–Trinajstić information content (AvgIpc) is 3.46. The molecule has 0 saturated heterocycles. The number of benzene rings is 2. The van der Waals surface area contributed by atoms with Gasteiger partial charge in [-0.3, -0.25) is 9.59 Å². The molecule has 0 radical (unpaired) electrons. The fourth-order valence-corrected chi connectivity index (χ4v) is 5.81. The second kappa shape index (κ2) is 9.74. The van der Waals surface area contributed by atoms with E-state index in [9.17, 15) is 14.0 Å². The number of carbonyl (C=O) groups excluding carboxylic acids is 2. The molecule has 1 N–H and O–H groups in total. The molecule has 2 heterocycles. The summed E-state index contributed by atoms with van der Waals surface area (Å²) in [6.07, 6.45) is 3.77. The maximum Gasteiger partial charge on any atom is 0.228 e. The van der Waals surface area contributed by atoms with Crippen molar-refractivity contribution in [1.82, 2.24) is 9.55 Å². The summed E-state index contributed by atoms with van der Waals surface area (Å²) in [7, 11) is 0. The molecule has 1 aliphatic rings.